The van der Waals surface area contributed by atoms with Gasteiger partial charge in [-0.05, 0) is 83.5 Å². The number of aliphatic hydroxyl groups is 1. The summed E-state index contributed by atoms with van der Waals surface area (Å²) in [6.45, 7) is 4.49. The second kappa shape index (κ2) is 61.7. The van der Waals surface area contributed by atoms with E-state index >= 15 is 0 Å². The molecule has 11 nitrogen and oxygen atoms in total. The normalized spacial score (nSPS) is 13.8. The van der Waals surface area contributed by atoms with Gasteiger partial charge in [-0.3, -0.25) is 23.4 Å². The van der Waals surface area contributed by atoms with Gasteiger partial charge in [0.15, 0.2) is 6.10 Å². The minimum atomic E-state index is -4.77. The minimum Gasteiger partial charge on any atom is -0.462 e. The lowest BCUT2D eigenvalue weighted by Gasteiger charge is -2.21. The molecule has 0 fully saturated rings. The van der Waals surface area contributed by atoms with Gasteiger partial charge in [0, 0.05) is 19.3 Å². The molecule has 0 aromatic rings. The number of phosphoric ester groups is 1. The van der Waals surface area contributed by atoms with E-state index in [1.54, 1.807) is 0 Å². The summed E-state index contributed by atoms with van der Waals surface area (Å²) in [7, 11) is -4.77. The van der Waals surface area contributed by atoms with Gasteiger partial charge in [-0.25, -0.2) is 4.57 Å². The highest BCUT2D eigenvalue weighted by atomic mass is 31.2. The lowest BCUT2D eigenvalue weighted by Crippen LogP contribution is -2.30. The Morgan fingerprint density at radius 2 is 0.675 bits per heavy atom. The average molecular weight is 1140 g/mol. The van der Waals surface area contributed by atoms with E-state index in [1.165, 1.54) is 154 Å². The number of carbonyl (C=O) groups is 3. The Morgan fingerprint density at radius 3 is 1.07 bits per heavy atom. The Hall–Kier alpha value is -3.34. The third-order valence-electron chi connectivity index (χ3n) is 13.8. The molecule has 2 N–H and O–H groups in total. The third kappa shape index (κ3) is 59.3. The van der Waals surface area contributed by atoms with Crippen LogP contribution in [0.25, 0.3) is 0 Å². The van der Waals surface area contributed by atoms with Crippen LogP contribution in [0.2, 0.25) is 0 Å². The number of carbonyl (C=O) groups excluding carboxylic acids is 3. The minimum absolute atomic E-state index is 0.0412. The SMILES string of the molecule is CC/C=C\C/C=C\C/C=C\C/C=C\C/C=C\C/C=C\CCC(=O)OC(COC(=O)CCCCCCCCCCC/C=C\CCCCCCCC)COP(=O)(O)OCC(CO)OC(=O)CCCCCCCCCCCCCCCCC. The van der Waals surface area contributed by atoms with Crippen LogP contribution in [0.1, 0.15) is 290 Å². The van der Waals surface area contributed by atoms with Crippen molar-refractivity contribution < 1.29 is 52.2 Å². The smallest absolute Gasteiger partial charge is 0.462 e. The van der Waals surface area contributed by atoms with Gasteiger partial charge in [0.05, 0.1) is 19.8 Å². The van der Waals surface area contributed by atoms with Crippen molar-refractivity contribution in [3.05, 3.63) is 85.1 Å². The highest BCUT2D eigenvalue weighted by Crippen LogP contribution is 2.43. The highest BCUT2D eigenvalue weighted by molar-refractivity contribution is 7.47. The van der Waals surface area contributed by atoms with Crippen molar-refractivity contribution in [2.24, 2.45) is 0 Å². The monoisotopic (exact) mass is 1140 g/mol. The number of phosphoric acid groups is 1. The quantitative estimate of drug-likeness (QED) is 0.0197. The van der Waals surface area contributed by atoms with Crippen molar-refractivity contribution >= 4 is 25.7 Å². The van der Waals surface area contributed by atoms with E-state index in [4.69, 9.17) is 23.3 Å². The number of esters is 3. The van der Waals surface area contributed by atoms with Crippen LogP contribution in [0.3, 0.4) is 0 Å². The Morgan fingerprint density at radius 1 is 0.362 bits per heavy atom. The molecular weight excluding hydrogens is 1020 g/mol. The Kier molecular flexibility index (Phi) is 59.1. The molecule has 0 aliphatic heterocycles. The van der Waals surface area contributed by atoms with E-state index < -0.39 is 57.8 Å². The first-order valence-corrected chi connectivity index (χ1v) is 34.0. The molecule has 0 spiro atoms. The number of hydrogen-bond donors (Lipinski definition) is 2. The van der Waals surface area contributed by atoms with Crippen LogP contribution in [0, 0.1) is 0 Å². The summed E-state index contributed by atoms with van der Waals surface area (Å²) in [5.41, 5.74) is 0. The molecule has 3 atom stereocenters. The van der Waals surface area contributed by atoms with Gasteiger partial charge in [-0.15, -0.1) is 0 Å². The van der Waals surface area contributed by atoms with Crippen LogP contribution >= 0.6 is 7.82 Å². The first kappa shape index (κ1) is 76.7. The van der Waals surface area contributed by atoms with Crippen LogP contribution in [0.5, 0.6) is 0 Å². The molecule has 0 saturated carbocycles. The van der Waals surface area contributed by atoms with Gasteiger partial charge >= 0.3 is 25.7 Å². The maximum atomic E-state index is 12.9. The molecular formula is C68H119O11P. The first-order valence-electron chi connectivity index (χ1n) is 32.5. The van der Waals surface area contributed by atoms with Crippen LogP contribution < -0.4 is 0 Å². The number of ether oxygens (including phenoxy) is 3. The topological polar surface area (TPSA) is 155 Å². The van der Waals surface area contributed by atoms with E-state index in [9.17, 15) is 28.9 Å². The number of aliphatic hydroxyl groups excluding tert-OH is 1. The maximum Gasteiger partial charge on any atom is 0.472 e. The van der Waals surface area contributed by atoms with Gasteiger partial charge in [0.25, 0.3) is 0 Å². The van der Waals surface area contributed by atoms with Crippen LogP contribution in [0.4, 0.5) is 0 Å². The zero-order valence-electron chi connectivity index (χ0n) is 51.3. The number of allylic oxidation sites excluding steroid dienone is 14. The van der Waals surface area contributed by atoms with Gasteiger partial charge in [0.2, 0.25) is 0 Å². The van der Waals surface area contributed by atoms with Gasteiger partial charge in [-0.1, -0.05) is 273 Å². The largest absolute Gasteiger partial charge is 0.472 e. The lowest BCUT2D eigenvalue weighted by molar-refractivity contribution is -0.161. The van der Waals surface area contributed by atoms with E-state index in [2.05, 4.69) is 93.7 Å². The van der Waals surface area contributed by atoms with E-state index in [-0.39, 0.29) is 25.9 Å². The van der Waals surface area contributed by atoms with Gasteiger partial charge in [-0.2, -0.15) is 0 Å². The molecule has 0 amide bonds. The van der Waals surface area contributed by atoms with E-state index in [0.717, 1.165) is 70.6 Å². The van der Waals surface area contributed by atoms with Crippen molar-refractivity contribution in [3.8, 4) is 0 Å². The zero-order valence-corrected chi connectivity index (χ0v) is 52.2. The van der Waals surface area contributed by atoms with Crippen molar-refractivity contribution in [1.82, 2.24) is 0 Å². The fourth-order valence-corrected chi connectivity index (χ4v) is 9.69. The molecule has 0 rings (SSSR count). The summed E-state index contributed by atoms with van der Waals surface area (Å²) in [6.07, 6.45) is 72.6. The molecule has 3 unspecified atom stereocenters. The first-order chi connectivity index (χ1) is 39.2. The summed E-state index contributed by atoms with van der Waals surface area (Å²) in [4.78, 5) is 48.7. The molecule has 0 aliphatic carbocycles. The second-order valence-corrected chi connectivity index (χ2v) is 23.0. The molecule has 0 aromatic heterocycles. The molecule has 0 saturated heterocycles. The Labute approximate surface area is 490 Å². The molecule has 0 bridgehead atoms. The fourth-order valence-electron chi connectivity index (χ4n) is 8.91. The van der Waals surface area contributed by atoms with Gasteiger partial charge in [0.1, 0.15) is 12.7 Å². The predicted molar refractivity (Wildman–Crippen MR) is 334 cm³/mol. The van der Waals surface area contributed by atoms with Crippen molar-refractivity contribution in [2.75, 3.05) is 26.4 Å². The molecule has 0 aliphatic rings. The maximum absolute atomic E-state index is 12.9. The lowest BCUT2D eigenvalue weighted by atomic mass is 10.0. The standard InChI is InChI=1S/C68H119O11P/c1-4-7-10-13-16-19-22-25-28-30-32-34-37-39-42-45-48-51-54-57-66(70)75-61-65(79-68(72)59-56-53-50-47-44-41-38-35-33-31-29-26-23-20-17-14-11-8-5-2)63-77-80(73,74)76-62-64(60-69)78-67(71)58-55-52-49-46-43-40-36-27-24-21-18-15-12-9-6-3/h8,11,17,20,25-26,28-29,33,35,41,44,50,53,64-65,69H,4-7,9-10,12-16,18-19,21-24,27,30-32,34,36-40,42-43,45-49,51-52,54-63H2,1-3H3,(H,73,74)/b11-8-,20-17-,28-25-,29-26-,35-33-,44-41-,53-50-. The molecule has 462 valence electrons. The summed E-state index contributed by atoms with van der Waals surface area (Å²) < 4.78 is 39.6. The van der Waals surface area contributed by atoms with Crippen LogP contribution in [-0.4, -0.2) is 66.5 Å². The third-order valence-corrected chi connectivity index (χ3v) is 14.8. The van der Waals surface area contributed by atoms with E-state index in [0.29, 0.717) is 25.7 Å². The summed E-state index contributed by atoms with van der Waals surface area (Å²) >= 11 is 0. The summed E-state index contributed by atoms with van der Waals surface area (Å²) in [6, 6.07) is 0. The van der Waals surface area contributed by atoms with E-state index in [1.807, 2.05) is 12.2 Å². The highest BCUT2D eigenvalue weighted by Gasteiger charge is 2.28. The number of unbranched alkanes of at least 4 members (excludes halogenated alkanes) is 29. The molecule has 12 heteroatoms. The number of rotatable bonds is 60. The Bertz CT molecular complexity index is 1670. The van der Waals surface area contributed by atoms with Crippen LogP contribution in [-0.2, 0) is 42.2 Å². The zero-order chi connectivity index (χ0) is 58.3. The van der Waals surface area contributed by atoms with Crippen molar-refractivity contribution in [2.45, 2.75) is 303 Å². The number of hydrogen-bond acceptors (Lipinski definition) is 10. The van der Waals surface area contributed by atoms with Crippen molar-refractivity contribution in [3.63, 3.8) is 0 Å². The van der Waals surface area contributed by atoms with Crippen molar-refractivity contribution in [1.29, 1.82) is 0 Å². The van der Waals surface area contributed by atoms with Gasteiger partial charge < -0.3 is 24.2 Å². The Balaban J connectivity index is 4.79. The predicted octanol–water partition coefficient (Wildman–Crippen LogP) is 19.8. The molecule has 0 radical (unpaired) electrons. The molecule has 0 aromatic carbocycles. The molecule has 80 heavy (non-hydrogen) atoms. The van der Waals surface area contributed by atoms with Crippen LogP contribution in [0.15, 0.2) is 85.1 Å². The second-order valence-electron chi connectivity index (χ2n) is 21.6. The fraction of sp³-hybridized carbons (Fsp3) is 0.750. The average Bonchev–Trinajstić information content (AvgIpc) is 3.45. The molecule has 0 heterocycles. The summed E-state index contributed by atoms with van der Waals surface area (Å²) in [5, 5.41) is 9.85. The summed E-state index contributed by atoms with van der Waals surface area (Å²) in [5.74, 6) is -1.56.